The first-order valence-corrected chi connectivity index (χ1v) is 8.11. The van der Waals surface area contributed by atoms with Crippen LogP contribution in [0.5, 0.6) is 0 Å². The predicted octanol–water partition coefficient (Wildman–Crippen LogP) is 1.62. The number of carbonyl (C=O) groups is 3. The summed E-state index contributed by atoms with van der Waals surface area (Å²) < 4.78 is 4.98. The quantitative estimate of drug-likeness (QED) is 0.434. The lowest BCUT2D eigenvalue weighted by atomic mass is 10.0. The summed E-state index contributed by atoms with van der Waals surface area (Å²) >= 11 is 0. The van der Waals surface area contributed by atoms with Crippen LogP contribution in [-0.2, 0) is 14.3 Å². The average molecular weight is 357 g/mol. The molecule has 0 bridgehead atoms. The van der Waals surface area contributed by atoms with Gasteiger partial charge in [-0.2, -0.15) is 5.26 Å². The second-order valence-corrected chi connectivity index (χ2v) is 6.21. The van der Waals surface area contributed by atoms with E-state index in [0.29, 0.717) is 5.56 Å². The van der Waals surface area contributed by atoms with Crippen LogP contribution in [0.25, 0.3) is 0 Å². The van der Waals surface area contributed by atoms with Crippen molar-refractivity contribution in [1.29, 1.82) is 5.26 Å². The normalized spacial score (nSPS) is 12.6. The maximum atomic E-state index is 12.4. The highest BCUT2D eigenvalue weighted by atomic mass is 16.5. The Bertz CT molecular complexity index is 771. The molecule has 1 aromatic rings. The lowest BCUT2D eigenvalue weighted by molar-refractivity contribution is -0.150. The molecule has 0 heterocycles. The minimum Gasteiger partial charge on any atom is -0.456 e. The summed E-state index contributed by atoms with van der Waals surface area (Å²) in [5.41, 5.74) is 6.49. The highest BCUT2D eigenvalue weighted by Crippen LogP contribution is 2.10. The van der Waals surface area contributed by atoms with Crippen LogP contribution in [0, 0.1) is 24.2 Å². The molecule has 0 aliphatic heterocycles. The highest BCUT2D eigenvalue weighted by molar-refractivity contribution is 6.02. The topological polar surface area (TPSA) is 122 Å². The number of nitriles is 1. The number of hydrogen-bond donors (Lipinski definition) is 2. The Morgan fingerprint density at radius 3 is 2.38 bits per heavy atom. The van der Waals surface area contributed by atoms with Gasteiger partial charge >= 0.3 is 5.97 Å². The van der Waals surface area contributed by atoms with E-state index in [0.717, 1.165) is 5.56 Å². The monoisotopic (exact) mass is 357 g/mol. The van der Waals surface area contributed by atoms with Gasteiger partial charge in [0.25, 0.3) is 5.91 Å². The van der Waals surface area contributed by atoms with Crippen LogP contribution in [0.1, 0.15) is 36.7 Å². The number of nitrogens with one attached hydrogen (secondary N) is 1. The zero-order chi connectivity index (χ0) is 19.9. The van der Waals surface area contributed by atoms with Gasteiger partial charge in [-0.1, -0.05) is 32.0 Å². The van der Waals surface area contributed by atoms with E-state index in [9.17, 15) is 14.4 Å². The summed E-state index contributed by atoms with van der Waals surface area (Å²) in [6.45, 7) is 6.09. The molecule has 0 unspecified atom stereocenters. The number of nitrogens with two attached hydrogens (primary N) is 1. The second kappa shape index (κ2) is 9.37. The fraction of sp³-hybridized carbons (Fsp3) is 0.368. The maximum Gasteiger partial charge on any atom is 0.329 e. The maximum absolute atomic E-state index is 12.4. The van der Waals surface area contributed by atoms with E-state index in [1.165, 1.54) is 6.92 Å². The third-order valence-corrected chi connectivity index (χ3v) is 3.73. The second-order valence-electron chi connectivity index (χ2n) is 6.21. The lowest BCUT2D eigenvalue weighted by Gasteiger charge is -2.21. The predicted molar refractivity (Wildman–Crippen MR) is 95.7 cm³/mol. The molecule has 138 valence electrons. The van der Waals surface area contributed by atoms with E-state index in [2.05, 4.69) is 5.32 Å². The Kier molecular flexibility index (Phi) is 7.53. The molecule has 0 saturated heterocycles. The van der Waals surface area contributed by atoms with Crippen LogP contribution < -0.4 is 11.1 Å². The number of carbonyl (C=O) groups excluding carboxylic acids is 3. The molecule has 0 fully saturated rings. The molecule has 0 aliphatic carbocycles. The van der Waals surface area contributed by atoms with Crippen LogP contribution in [0.4, 0.5) is 0 Å². The Morgan fingerprint density at radius 2 is 1.88 bits per heavy atom. The van der Waals surface area contributed by atoms with Crippen molar-refractivity contribution in [2.75, 3.05) is 6.61 Å². The van der Waals surface area contributed by atoms with Gasteiger partial charge in [-0.15, -0.1) is 0 Å². The number of rotatable bonds is 7. The number of esters is 1. The molecule has 26 heavy (non-hydrogen) atoms. The van der Waals surface area contributed by atoms with Crippen molar-refractivity contribution in [3.05, 3.63) is 46.7 Å². The van der Waals surface area contributed by atoms with Gasteiger partial charge in [0.2, 0.25) is 5.78 Å². The molecular weight excluding hydrogens is 334 g/mol. The van der Waals surface area contributed by atoms with Crippen LogP contribution in [0.15, 0.2) is 35.5 Å². The Balaban J connectivity index is 2.81. The van der Waals surface area contributed by atoms with Crippen LogP contribution in [0.2, 0.25) is 0 Å². The van der Waals surface area contributed by atoms with E-state index in [1.54, 1.807) is 45.0 Å². The molecule has 0 aromatic heterocycles. The molecule has 1 aromatic carbocycles. The van der Waals surface area contributed by atoms with Gasteiger partial charge in [0.15, 0.2) is 6.61 Å². The lowest BCUT2D eigenvalue weighted by Crippen LogP contribution is -2.46. The van der Waals surface area contributed by atoms with Gasteiger partial charge in [-0.25, -0.2) is 4.79 Å². The minimum atomic E-state index is -0.927. The Labute approximate surface area is 152 Å². The van der Waals surface area contributed by atoms with Crippen molar-refractivity contribution >= 4 is 17.7 Å². The van der Waals surface area contributed by atoms with Crippen LogP contribution in [-0.4, -0.2) is 30.3 Å². The first-order chi connectivity index (χ1) is 12.2. The summed E-state index contributed by atoms with van der Waals surface area (Å²) in [5.74, 6) is -2.09. The fourth-order valence-corrected chi connectivity index (χ4v) is 2.21. The number of aryl methyl sites for hydroxylation is 1. The van der Waals surface area contributed by atoms with Crippen molar-refractivity contribution in [1.82, 2.24) is 5.32 Å². The van der Waals surface area contributed by atoms with Crippen LogP contribution in [0.3, 0.4) is 0 Å². The standard InChI is InChI=1S/C19H23N3O4/c1-11(2)17(22-18(24)14-8-6-5-7-12(14)3)19(25)26-10-16(23)15(9-20)13(4)21/h5-8,11,17H,10,21H2,1-4H3,(H,22,24)/t17-/m0/s1. The molecule has 0 saturated carbocycles. The molecule has 0 spiro atoms. The van der Waals surface area contributed by atoms with Gasteiger partial charge in [-0.05, 0) is 31.4 Å². The molecule has 1 rings (SSSR count). The van der Waals surface area contributed by atoms with Crippen molar-refractivity contribution in [3.8, 4) is 6.07 Å². The van der Waals surface area contributed by atoms with Gasteiger partial charge in [0, 0.05) is 11.3 Å². The van der Waals surface area contributed by atoms with E-state index >= 15 is 0 Å². The summed E-state index contributed by atoms with van der Waals surface area (Å²) in [6.07, 6.45) is 0. The summed E-state index contributed by atoms with van der Waals surface area (Å²) in [4.78, 5) is 36.6. The van der Waals surface area contributed by atoms with Crippen molar-refractivity contribution in [2.24, 2.45) is 11.7 Å². The smallest absolute Gasteiger partial charge is 0.329 e. The van der Waals surface area contributed by atoms with Crippen molar-refractivity contribution in [3.63, 3.8) is 0 Å². The molecule has 0 radical (unpaired) electrons. The van der Waals surface area contributed by atoms with Gasteiger partial charge in [0.1, 0.15) is 17.7 Å². The fourth-order valence-electron chi connectivity index (χ4n) is 2.21. The van der Waals surface area contributed by atoms with E-state index in [4.69, 9.17) is 15.7 Å². The number of Topliss-reactive ketones (excluding diaryl/α,β-unsaturated/α-hetero) is 1. The first kappa shape index (κ1) is 20.9. The molecular formula is C19H23N3O4. The Hall–Kier alpha value is -3.14. The molecule has 0 aliphatic rings. The molecule has 1 atom stereocenters. The zero-order valence-electron chi connectivity index (χ0n) is 15.3. The van der Waals surface area contributed by atoms with Crippen LogP contribution >= 0.6 is 0 Å². The minimum absolute atomic E-state index is 0.0572. The largest absolute Gasteiger partial charge is 0.456 e. The highest BCUT2D eigenvalue weighted by Gasteiger charge is 2.27. The van der Waals surface area contributed by atoms with Gasteiger partial charge < -0.3 is 15.8 Å². The number of allylic oxidation sites excluding steroid dienone is 1. The third-order valence-electron chi connectivity index (χ3n) is 3.73. The number of benzene rings is 1. The van der Waals surface area contributed by atoms with E-state index < -0.39 is 30.3 Å². The Morgan fingerprint density at radius 1 is 1.27 bits per heavy atom. The first-order valence-electron chi connectivity index (χ1n) is 8.11. The number of nitrogens with zero attached hydrogens (tertiary/aromatic N) is 1. The number of ketones is 1. The summed E-state index contributed by atoms with van der Waals surface area (Å²) in [5, 5.41) is 11.5. The zero-order valence-corrected chi connectivity index (χ0v) is 15.3. The van der Waals surface area contributed by atoms with E-state index in [-0.39, 0.29) is 17.2 Å². The molecule has 1 amide bonds. The van der Waals surface area contributed by atoms with Gasteiger partial charge in [-0.3, -0.25) is 9.59 Å². The number of amides is 1. The number of ether oxygens (including phenoxy) is 1. The molecule has 3 N–H and O–H groups in total. The van der Waals surface area contributed by atoms with Gasteiger partial charge in [0.05, 0.1) is 0 Å². The van der Waals surface area contributed by atoms with E-state index in [1.807, 2.05) is 6.07 Å². The molecule has 7 nitrogen and oxygen atoms in total. The van der Waals surface area contributed by atoms with Crippen molar-refractivity contribution in [2.45, 2.75) is 33.7 Å². The number of hydrogen-bond acceptors (Lipinski definition) is 6. The summed E-state index contributed by atoms with van der Waals surface area (Å²) in [7, 11) is 0. The van der Waals surface area contributed by atoms with Crippen molar-refractivity contribution < 1.29 is 19.1 Å². The summed E-state index contributed by atoms with van der Waals surface area (Å²) in [6, 6.07) is 7.75. The third kappa shape index (κ3) is 5.45. The average Bonchev–Trinajstić information content (AvgIpc) is 2.57. The SMILES string of the molecule is CC(N)=C(C#N)C(=O)COC(=O)[C@@H](NC(=O)c1ccccc1C)C(C)C. The molecule has 7 heteroatoms.